The summed E-state index contributed by atoms with van der Waals surface area (Å²) in [6.45, 7) is 4.67. The van der Waals surface area contributed by atoms with Gasteiger partial charge in [0.2, 0.25) is 11.8 Å². The molecule has 0 radical (unpaired) electrons. The van der Waals surface area contributed by atoms with Gasteiger partial charge < -0.3 is 15.1 Å². The summed E-state index contributed by atoms with van der Waals surface area (Å²) in [5.41, 5.74) is -0.0820. The molecule has 3 aliphatic rings. The van der Waals surface area contributed by atoms with Crippen molar-refractivity contribution in [2.24, 2.45) is 0 Å². The summed E-state index contributed by atoms with van der Waals surface area (Å²) in [6, 6.07) is 0.344. The summed E-state index contributed by atoms with van der Waals surface area (Å²) in [6.07, 6.45) is 0.281. The van der Waals surface area contributed by atoms with Crippen molar-refractivity contribution in [3.8, 4) is 0 Å². The molecule has 3 aliphatic heterocycles. The van der Waals surface area contributed by atoms with Gasteiger partial charge in [-0.2, -0.15) is 0 Å². The maximum absolute atomic E-state index is 15.3. The Morgan fingerprint density at radius 3 is 2.43 bits per heavy atom. The van der Waals surface area contributed by atoms with E-state index in [4.69, 9.17) is 0 Å². The van der Waals surface area contributed by atoms with Crippen LogP contribution in [0.3, 0.4) is 0 Å². The predicted molar refractivity (Wildman–Crippen MR) is 96.7 cm³/mol. The number of nitrogens with one attached hydrogen (secondary N) is 2. The van der Waals surface area contributed by atoms with E-state index in [2.05, 4.69) is 10.6 Å². The molecule has 4 rings (SSSR count). The highest BCUT2D eigenvalue weighted by Crippen LogP contribution is 2.36. The van der Waals surface area contributed by atoms with Crippen LogP contribution in [0, 0.1) is 11.6 Å². The third kappa shape index (κ3) is 3.03. The maximum Gasteiger partial charge on any atom is 0.255 e. The van der Waals surface area contributed by atoms with Crippen molar-refractivity contribution < 1.29 is 23.2 Å². The number of carbonyl (C=O) groups excluding carboxylic acids is 3. The van der Waals surface area contributed by atoms with Gasteiger partial charge >= 0.3 is 0 Å². The molecule has 3 unspecified atom stereocenters. The van der Waals surface area contributed by atoms with Gasteiger partial charge in [-0.05, 0) is 26.3 Å². The van der Waals surface area contributed by atoms with Gasteiger partial charge in [-0.3, -0.25) is 19.7 Å². The van der Waals surface area contributed by atoms with Crippen molar-refractivity contribution in [2.45, 2.75) is 51.4 Å². The van der Waals surface area contributed by atoms with E-state index in [1.807, 2.05) is 13.8 Å². The molecule has 150 valence electrons. The van der Waals surface area contributed by atoms with Gasteiger partial charge in [0.1, 0.15) is 17.5 Å². The lowest BCUT2D eigenvalue weighted by Crippen LogP contribution is -2.54. The van der Waals surface area contributed by atoms with Crippen molar-refractivity contribution in [1.29, 1.82) is 0 Å². The molecule has 9 heteroatoms. The molecule has 0 aromatic heterocycles. The summed E-state index contributed by atoms with van der Waals surface area (Å²) in [5, 5.41) is 5.51. The third-order valence-corrected chi connectivity index (χ3v) is 5.58. The SMILES string of the molecule is CC1CN(c2c(F)cc3c(c2F)CN(C2CCC(=O)NC2=O)C3=O)CC(C)N1. The highest BCUT2D eigenvalue weighted by molar-refractivity contribution is 6.05. The molecule has 3 atom stereocenters. The monoisotopic (exact) mass is 392 g/mol. The molecular weight excluding hydrogens is 370 g/mol. The zero-order valence-electron chi connectivity index (χ0n) is 15.7. The number of hydrogen-bond acceptors (Lipinski definition) is 5. The van der Waals surface area contributed by atoms with Crippen LogP contribution in [-0.4, -0.2) is 53.8 Å². The van der Waals surface area contributed by atoms with E-state index in [9.17, 15) is 18.8 Å². The van der Waals surface area contributed by atoms with Gasteiger partial charge in [0, 0.05) is 37.2 Å². The van der Waals surface area contributed by atoms with Crippen LogP contribution in [0.15, 0.2) is 6.07 Å². The van der Waals surface area contributed by atoms with E-state index in [-0.39, 0.29) is 48.3 Å². The Balaban J connectivity index is 1.67. The van der Waals surface area contributed by atoms with Crippen LogP contribution in [0.2, 0.25) is 0 Å². The first kappa shape index (κ1) is 18.8. The molecule has 28 heavy (non-hydrogen) atoms. The van der Waals surface area contributed by atoms with Crippen molar-refractivity contribution in [3.05, 3.63) is 28.8 Å². The third-order valence-electron chi connectivity index (χ3n) is 5.58. The zero-order chi connectivity index (χ0) is 20.2. The highest BCUT2D eigenvalue weighted by Gasteiger charge is 2.42. The second kappa shape index (κ2) is 6.80. The lowest BCUT2D eigenvalue weighted by molar-refractivity contribution is -0.136. The van der Waals surface area contributed by atoms with Crippen molar-refractivity contribution in [3.63, 3.8) is 0 Å². The first-order valence-electron chi connectivity index (χ1n) is 9.42. The summed E-state index contributed by atoms with van der Waals surface area (Å²) in [5.74, 6) is -3.10. The van der Waals surface area contributed by atoms with Gasteiger partial charge in [0.05, 0.1) is 12.1 Å². The van der Waals surface area contributed by atoms with E-state index < -0.39 is 35.4 Å². The van der Waals surface area contributed by atoms with Gasteiger partial charge in [-0.1, -0.05) is 0 Å². The fourth-order valence-corrected chi connectivity index (χ4v) is 4.42. The fourth-order valence-electron chi connectivity index (χ4n) is 4.42. The summed E-state index contributed by atoms with van der Waals surface area (Å²) < 4.78 is 30.1. The quantitative estimate of drug-likeness (QED) is 0.732. The molecule has 2 fully saturated rings. The number of piperazine rings is 1. The number of benzene rings is 1. The number of carbonyl (C=O) groups is 3. The van der Waals surface area contributed by atoms with Crippen LogP contribution < -0.4 is 15.5 Å². The molecule has 7 nitrogen and oxygen atoms in total. The first-order chi connectivity index (χ1) is 13.3. The smallest absolute Gasteiger partial charge is 0.255 e. The van der Waals surface area contributed by atoms with Gasteiger partial charge in [0.15, 0.2) is 5.82 Å². The van der Waals surface area contributed by atoms with Crippen molar-refractivity contribution in [1.82, 2.24) is 15.5 Å². The van der Waals surface area contributed by atoms with Crippen LogP contribution in [0.5, 0.6) is 0 Å². The molecular formula is C19H22F2N4O3. The van der Waals surface area contributed by atoms with Crippen LogP contribution in [0.4, 0.5) is 14.5 Å². The average Bonchev–Trinajstić information content (AvgIpc) is 2.91. The van der Waals surface area contributed by atoms with E-state index in [0.717, 1.165) is 6.07 Å². The summed E-state index contributed by atoms with van der Waals surface area (Å²) in [7, 11) is 0. The average molecular weight is 392 g/mol. The highest BCUT2D eigenvalue weighted by atomic mass is 19.1. The standard InChI is InChI=1S/C19H22F2N4O3/c1-9-6-24(7-10(2)22-9)17-13(20)5-11-12(16(17)21)8-25(19(11)28)14-3-4-15(26)23-18(14)27/h5,9-10,14,22H,3-4,6-8H2,1-2H3,(H,23,26,27). The minimum Gasteiger partial charge on any atom is -0.364 e. The lowest BCUT2D eigenvalue weighted by atomic mass is 10.0. The number of nitrogens with zero attached hydrogens (tertiary/aromatic N) is 2. The molecule has 1 aromatic rings. The maximum atomic E-state index is 15.3. The lowest BCUT2D eigenvalue weighted by Gasteiger charge is -2.38. The number of amides is 3. The number of piperidine rings is 1. The van der Waals surface area contributed by atoms with Crippen LogP contribution in [-0.2, 0) is 16.1 Å². The van der Waals surface area contributed by atoms with Crippen molar-refractivity contribution >= 4 is 23.4 Å². The Bertz CT molecular complexity index is 865. The molecule has 2 N–H and O–H groups in total. The Hall–Kier alpha value is -2.55. The molecule has 0 saturated carbocycles. The van der Waals surface area contributed by atoms with Gasteiger partial charge in [0.25, 0.3) is 5.91 Å². The number of hydrogen-bond donors (Lipinski definition) is 2. The Kier molecular flexibility index (Phi) is 4.57. The molecule has 0 aliphatic carbocycles. The topological polar surface area (TPSA) is 81.8 Å². The van der Waals surface area contributed by atoms with Crippen molar-refractivity contribution in [2.75, 3.05) is 18.0 Å². The Morgan fingerprint density at radius 2 is 1.79 bits per heavy atom. The molecule has 2 saturated heterocycles. The minimum atomic E-state index is -0.859. The van der Waals surface area contributed by atoms with E-state index >= 15 is 4.39 Å². The number of fused-ring (bicyclic) bond motifs is 1. The molecule has 0 bridgehead atoms. The largest absolute Gasteiger partial charge is 0.364 e. The van der Waals surface area contributed by atoms with Gasteiger partial charge in [-0.15, -0.1) is 0 Å². The molecule has 1 aromatic carbocycles. The van der Waals surface area contributed by atoms with E-state index in [1.165, 1.54) is 4.90 Å². The molecule has 3 heterocycles. The van der Waals surface area contributed by atoms with Gasteiger partial charge in [-0.25, -0.2) is 8.78 Å². The number of anilines is 1. The Morgan fingerprint density at radius 1 is 1.11 bits per heavy atom. The number of rotatable bonds is 2. The molecule has 3 amide bonds. The number of imide groups is 1. The number of halogens is 2. The van der Waals surface area contributed by atoms with E-state index in [1.54, 1.807) is 4.90 Å². The summed E-state index contributed by atoms with van der Waals surface area (Å²) >= 11 is 0. The predicted octanol–water partition coefficient (Wildman–Crippen LogP) is 0.912. The second-order valence-corrected chi connectivity index (χ2v) is 7.82. The Labute approximate surface area is 161 Å². The molecule has 0 spiro atoms. The zero-order valence-corrected chi connectivity index (χ0v) is 15.7. The first-order valence-corrected chi connectivity index (χ1v) is 9.42. The summed E-state index contributed by atoms with van der Waals surface area (Å²) in [4.78, 5) is 39.1. The van der Waals surface area contributed by atoms with Crippen LogP contribution in [0.1, 0.15) is 42.6 Å². The normalized spacial score (nSPS) is 27.9. The fraction of sp³-hybridized carbons (Fsp3) is 0.526. The van der Waals surface area contributed by atoms with Crippen LogP contribution >= 0.6 is 0 Å². The van der Waals surface area contributed by atoms with Crippen LogP contribution in [0.25, 0.3) is 0 Å². The second-order valence-electron chi connectivity index (χ2n) is 7.82. The minimum absolute atomic E-state index is 0.0559. The van der Waals surface area contributed by atoms with E-state index in [0.29, 0.717) is 13.1 Å².